The fourth-order valence-electron chi connectivity index (χ4n) is 10.6. The maximum atomic E-state index is 6.54. The second kappa shape index (κ2) is 12.2. The molecule has 13 rings (SSSR count). The van der Waals surface area contributed by atoms with Crippen LogP contribution >= 0.6 is 0 Å². The summed E-state index contributed by atoms with van der Waals surface area (Å²) in [7, 11) is 0. The van der Waals surface area contributed by atoms with Crippen LogP contribution in [0.1, 0.15) is 51.7 Å². The van der Waals surface area contributed by atoms with E-state index in [9.17, 15) is 0 Å². The van der Waals surface area contributed by atoms with Crippen molar-refractivity contribution in [3.05, 3.63) is 163 Å². The topological polar surface area (TPSA) is 57.0 Å². The Hall–Kier alpha value is -7.24. The third-order valence-corrected chi connectivity index (χ3v) is 13.9. The molecule has 0 spiro atoms. The van der Waals surface area contributed by atoms with Crippen molar-refractivity contribution < 1.29 is 8.83 Å². The fourth-order valence-corrected chi connectivity index (χ4v) is 10.6. The standard InChI is InChI=1S/C56H41N3O2/c1-55(2)27-28-56(3,4)44-31-45-42(30-43(44)55)49-38-16-7-5-13-35(38)36-14-6-8-17-39(36)52(49)59(45)34-24-21-32(22-25-34)54-57-50(53-51(58-54)40-18-10-12-20-47(40)61-53)33-23-26-48-41(29-33)37-15-9-11-19-46(37)60-48/h5-26,29-31H,27-28H2,1-4H3. The molecule has 12 aromatic rings. The van der Waals surface area contributed by atoms with Crippen molar-refractivity contribution in [3.63, 3.8) is 0 Å². The molecule has 0 atom stereocenters. The number of para-hydroxylation sites is 2. The molecule has 8 aromatic carbocycles. The van der Waals surface area contributed by atoms with Gasteiger partial charge in [0.15, 0.2) is 11.4 Å². The Morgan fingerprint density at radius 1 is 0.475 bits per heavy atom. The number of hydrogen-bond acceptors (Lipinski definition) is 4. The molecule has 0 unspecified atom stereocenters. The maximum absolute atomic E-state index is 6.54. The predicted molar refractivity (Wildman–Crippen MR) is 252 cm³/mol. The molecular weight excluding hydrogens is 747 g/mol. The highest BCUT2D eigenvalue weighted by Crippen LogP contribution is 2.50. The summed E-state index contributed by atoms with van der Waals surface area (Å²) in [5, 5.41) is 10.8. The molecule has 0 saturated heterocycles. The molecule has 61 heavy (non-hydrogen) atoms. The van der Waals surface area contributed by atoms with E-state index in [1.54, 1.807) is 0 Å². The van der Waals surface area contributed by atoms with Gasteiger partial charge in [-0.3, -0.25) is 0 Å². The largest absolute Gasteiger partial charge is 0.456 e. The van der Waals surface area contributed by atoms with Crippen LogP contribution in [-0.2, 0) is 10.8 Å². The summed E-state index contributed by atoms with van der Waals surface area (Å²) in [5.41, 5.74) is 13.2. The minimum Gasteiger partial charge on any atom is -0.456 e. The lowest BCUT2D eigenvalue weighted by molar-refractivity contribution is 0.332. The van der Waals surface area contributed by atoms with Gasteiger partial charge < -0.3 is 13.4 Å². The highest BCUT2D eigenvalue weighted by molar-refractivity contribution is 6.32. The van der Waals surface area contributed by atoms with Crippen LogP contribution < -0.4 is 0 Å². The zero-order valence-corrected chi connectivity index (χ0v) is 34.5. The van der Waals surface area contributed by atoms with Crippen LogP contribution in [0.2, 0.25) is 0 Å². The SMILES string of the molecule is CC1(C)CCC(C)(C)c2cc3c(cc21)c1c2ccccc2c2ccccc2c1n3-c1ccc(-c2nc(-c3ccc4oc5ccccc5c4c3)c3oc4ccccc4c3n2)cc1. The normalized spacial score (nSPS) is 15.0. The number of benzene rings is 8. The van der Waals surface area contributed by atoms with Gasteiger partial charge in [-0.25, -0.2) is 9.97 Å². The van der Waals surface area contributed by atoms with E-state index in [4.69, 9.17) is 18.8 Å². The monoisotopic (exact) mass is 787 g/mol. The lowest BCUT2D eigenvalue weighted by Gasteiger charge is -2.42. The van der Waals surface area contributed by atoms with Crippen LogP contribution in [0.15, 0.2) is 160 Å². The van der Waals surface area contributed by atoms with E-state index in [1.165, 1.54) is 60.9 Å². The second-order valence-corrected chi connectivity index (χ2v) is 18.4. The molecule has 0 bridgehead atoms. The van der Waals surface area contributed by atoms with Gasteiger partial charge in [-0.2, -0.15) is 0 Å². The quantitative estimate of drug-likeness (QED) is 0.167. The van der Waals surface area contributed by atoms with Gasteiger partial charge in [0.05, 0.1) is 11.0 Å². The number of furan rings is 2. The Morgan fingerprint density at radius 3 is 1.79 bits per heavy atom. The van der Waals surface area contributed by atoms with Gasteiger partial charge in [0, 0.05) is 49.1 Å². The molecule has 4 heterocycles. The van der Waals surface area contributed by atoms with Crippen molar-refractivity contribution >= 4 is 87.4 Å². The molecule has 1 aliphatic rings. The van der Waals surface area contributed by atoms with Crippen LogP contribution in [0.5, 0.6) is 0 Å². The van der Waals surface area contributed by atoms with Crippen LogP contribution in [0.3, 0.4) is 0 Å². The van der Waals surface area contributed by atoms with Crippen molar-refractivity contribution in [1.82, 2.24) is 14.5 Å². The summed E-state index contributed by atoms with van der Waals surface area (Å²) >= 11 is 0. The lowest BCUT2D eigenvalue weighted by Crippen LogP contribution is -2.33. The van der Waals surface area contributed by atoms with Gasteiger partial charge in [0.1, 0.15) is 28.0 Å². The first-order valence-electron chi connectivity index (χ1n) is 21.4. The Labute approximate surface area is 351 Å². The first-order valence-corrected chi connectivity index (χ1v) is 21.4. The van der Waals surface area contributed by atoms with Gasteiger partial charge in [0.25, 0.3) is 0 Å². The van der Waals surface area contributed by atoms with Crippen LogP contribution in [0.25, 0.3) is 116 Å². The van der Waals surface area contributed by atoms with E-state index in [2.05, 4.69) is 141 Å². The maximum Gasteiger partial charge on any atom is 0.180 e. The van der Waals surface area contributed by atoms with Crippen LogP contribution in [0.4, 0.5) is 0 Å². The number of rotatable bonds is 3. The van der Waals surface area contributed by atoms with Gasteiger partial charge in [-0.1, -0.05) is 107 Å². The Morgan fingerprint density at radius 2 is 1.05 bits per heavy atom. The second-order valence-electron chi connectivity index (χ2n) is 18.4. The number of fused-ring (bicyclic) bond motifs is 15. The van der Waals surface area contributed by atoms with Crippen LogP contribution in [-0.4, -0.2) is 14.5 Å². The molecule has 0 N–H and O–H groups in total. The molecule has 5 heteroatoms. The van der Waals surface area contributed by atoms with E-state index in [1.807, 2.05) is 42.5 Å². The fraction of sp³-hybridized carbons (Fsp3) is 0.143. The minimum atomic E-state index is 0.0640. The molecule has 1 aliphatic carbocycles. The van der Waals surface area contributed by atoms with Crippen molar-refractivity contribution in [2.45, 2.75) is 51.4 Å². The number of nitrogens with zero attached hydrogens (tertiary/aromatic N) is 3. The smallest absolute Gasteiger partial charge is 0.180 e. The summed E-state index contributed by atoms with van der Waals surface area (Å²) < 4.78 is 15.3. The van der Waals surface area contributed by atoms with Gasteiger partial charge in [0.2, 0.25) is 0 Å². The Kier molecular flexibility index (Phi) is 6.91. The summed E-state index contributed by atoms with van der Waals surface area (Å²) in [6.07, 6.45) is 2.32. The molecule has 0 amide bonds. The molecular formula is C56H41N3O2. The molecule has 0 saturated carbocycles. The summed E-state index contributed by atoms with van der Waals surface area (Å²) in [6.45, 7) is 9.69. The number of aromatic nitrogens is 3. The van der Waals surface area contributed by atoms with Gasteiger partial charge in [-0.15, -0.1) is 0 Å². The van der Waals surface area contributed by atoms with Gasteiger partial charge >= 0.3 is 0 Å². The number of hydrogen-bond donors (Lipinski definition) is 0. The third-order valence-electron chi connectivity index (χ3n) is 13.9. The molecule has 292 valence electrons. The first kappa shape index (κ1) is 34.6. The van der Waals surface area contributed by atoms with Crippen molar-refractivity contribution in [2.24, 2.45) is 0 Å². The van der Waals surface area contributed by atoms with Crippen LogP contribution in [0, 0.1) is 0 Å². The first-order chi connectivity index (χ1) is 29.7. The van der Waals surface area contributed by atoms with Crippen molar-refractivity contribution in [2.75, 3.05) is 0 Å². The average Bonchev–Trinajstić information content (AvgIpc) is 3.97. The van der Waals surface area contributed by atoms with E-state index < -0.39 is 0 Å². The molecule has 5 nitrogen and oxygen atoms in total. The molecule has 4 aromatic heterocycles. The van der Waals surface area contributed by atoms with Crippen molar-refractivity contribution in [3.8, 4) is 28.3 Å². The Balaban J connectivity index is 1.06. The molecule has 0 fully saturated rings. The molecule has 0 aliphatic heterocycles. The van der Waals surface area contributed by atoms with E-state index in [0.717, 1.165) is 67.4 Å². The summed E-state index contributed by atoms with van der Waals surface area (Å²) in [6, 6.07) is 54.3. The molecule has 0 radical (unpaired) electrons. The Bertz CT molecular complexity index is 3820. The minimum absolute atomic E-state index is 0.0640. The third kappa shape index (κ3) is 4.89. The summed E-state index contributed by atoms with van der Waals surface area (Å²) in [5.74, 6) is 0.648. The van der Waals surface area contributed by atoms with E-state index >= 15 is 0 Å². The van der Waals surface area contributed by atoms with E-state index in [-0.39, 0.29) is 10.8 Å². The lowest BCUT2D eigenvalue weighted by atomic mass is 9.63. The van der Waals surface area contributed by atoms with Gasteiger partial charge in [-0.05, 0) is 124 Å². The predicted octanol–water partition coefficient (Wildman–Crippen LogP) is 15.4. The zero-order valence-electron chi connectivity index (χ0n) is 34.5. The summed E-state index contributed by atoms with van der Waals surface area (Å²) in [4.78, 5) is 10.5. The highest BCUT2D eigenvalue weighted by Gasteiger charge is 2.38. The average molecular weight is 788 g/mol. The zero-order chi connectivity index (χ0) is 40.8. The van der Waals surface area contributed by atoms with E-state index in [0.29, 0.717) is 11.4 Å². The highest BCUT2D eigenvalue weighted by atomic mass is 16.3. The van der Waals surface area contributed by atoms with Crippen molar-refractivity contribution in [1.29, 1.82) is 0 Å².